The van der Waals surface area contributed by atoms with Gasteiger partial charge in [-0.3, -0.25) is 0 Å². The Kier molecular flexibility index (Phi) is 6.19. The number of hydrogen-bond acceptors (Lipinski definition) is 1. The van der Waals surface area contributed by atoms with E-state index in [4.69, 9.17) is 0 Å². The molecular weight excluding hydrogens is 230 g/mol. The van der Waals surface area contributed by atoms with E-state index in [1.165, 1.54) is 64.3 Å². The normalized spacial score (nSPS) is 40.3. The Labute approximate surface area is 120 Å². The van der Waals surface area contributed by atoms with E-state index in [-0.39, 0.29) is 0 Å². The monoisotopic (exact) mass is 265 g/mol. The van der Waals surface area contributed by atoms with Gasteiger partial charge in [0.2, 0.25) is 0 Å². The maximum Gasteiger partial charge on any atom is -0.00208 e. The Bertz CT molecular complexity index is 250. The Morgan fingerprint density at radius 2 is 1.63 bits per heavy atom. The fourth-order valence-electron chi connectivity index (χ4n) is 5.08. The maximum absolute atomic E-state index is 3.47. The van der Waals surface area contributed by atoms with Crippen molar-refractivity contribution in [1.82, 2.24) is 5.32 Å². The van der Waals surface area contributed by atoms with Gasteiger partial charge in [0, 0.05) is 0 Å². The summed E-state index contributed by atoms with van der Waals surface area (Å²) >= 11 is 0. The van der Waals surface area contributed by atoms with Crippen LogP contribution in [0.2, 0.25) is 0 Å². The van der Waals surface area contributed by atoms with Crippen molar-refractivity contribution in [3.8, 4) is 0 Å². The molecule has 0 aliphatic heterocycles. The highest BCUT2D eigenvalue weighted by molar-refractivity contribution is 4.89. The predicted molar refractivity (Wildman–Crippen MR) is 84.3 cm³/mol. The molecule has 0 spiro atoms. The van der Waals surface area contributed by atoms with Crippen LogP contribution in [0.15, 0.2) is 0 Å². The second kappa shape index (κ2) is 7.67. The van der Waals surface area contributed by atoms with Crippen molar-refractivity contribution in [1.29, 1.82) is 0 Å². The zero-order valence-electron chi connectivity index (χ0n) is 13.5. The Morgan fingerprint density at radius 1 is 0.842 bits per heavy atom. The van der Waals surface area contributed by atoms with Crippen molar-refractivity contribution in [3.05, 3.63) is 0 Å². The molecule has 2 aliphatic rings. The molecule has 0 bridgehead atoms. The highest BCUT2D eigenvalue weighted by Crippen LogP contribution is 2.47. The summed E-state index contributed by atoms with van der Waals surface area (Å²) in [6, 6.07) is 0. The molecule has 1 nitrogen and oxygen atoms in total. The van der Waals surface area contributed by atoms with Gasteiger partial charge in [0.15, 0.2) is 0 Å². The first kappa shape index (κ1) is 15.4. The van der Waals surface area contributed by atoms with Crippen molar-refractivity contribution in [3.63, 3.8) is 0 Å². The van der Waals surface area contributed by atoms with E-state index in [9.17, 15) is 0 Å². The van der Waals surface area contributed by atoms with Crippen LogP contribution in [-0.2, 0) is 0 Å². The maximum atomic E-state index is 3.47. The van der Waals surface area contributed by atoms with Crippen LogP contribution in [0.25, 0.3) is 0 Å². The molecule has 0 saturated heterocycles. The summed E-state index contributed by atoms with van der Waals surface area (Å²) in [4.78, 5) is 0. The average Bonchev–Trinajstić information content (AvgIpc) is 2.48. The van der Waals surface area contributed by atoms with Crippen LogP contribution in [0, 0.1) is 29.6 Å². The molecule has 2 aliphatic carbocycles. The summed E-state index contributed by atoms with van der Waals surface area (Å²) in [6.07, 6.45) is 13.4. The van der Waals surface area contributed by atoms with Crippen molar-refractivity contribution < 1.29 is 0 Å². The average molecular weight is 265 g/mol. The van der Waals surface area contributed by atoms with Gasteiger partial charge >= 0.3 is 0 Å². The number of rotatable bonds is 5. The first-order valence-electron chi connectivity index (χ1n) is 8.94. The summed E-state index contributed by atoms with van der Waals surface area (Å²) < 4.78 is 0. The molecule has 112 valence electrons. The number of nitrogens with one attached hydrogen (secondary N) is 1. The minimum Gasteiger partial charge on any atom is -0.319 e. The van der Waals surface area contributed by atoms with E-state index in [0.717, 1.165) is 29.6 Å². The second-order valence-corrected chi connectivity index (χ2v) is 7.19. The molecule has 0 amide bonds. The molecule has 5 atom stereocenters. The summed E-state index contributed by atoms with van der Waals surface area (Å²) in [5, 5.41) is 3.47. The molecule has 0 aromatic heterocycles. The second-order valence-electron chi connectivity index (χ2n) is 7.19. The lowest BCUT2D eigenvalue weighted by Crippen LogP contribution is -2.39. The molecule has 5 unspecified atom stereocenters. The van der Waals surface area contributed by atoms with Gasteiger partial charge in [-0.2, -0.15) is 0 Å². The van der Waals surface area contributed by atoms with Crippen LogP contribution >= 0.6 is 0 Å². The summed E-state index contributed by atoms with van der Waals surface area (Å²) in [5.41, 5.74) is 0. The lowest BCUT2D eigenvalue weighted by molar-refractivity contribution is 0.0564. The Morgan fingerprint density at radius 3 is 2.32 bits per heavy atom. The molecule has 0 aromatic carbocycles. The lowest BCUT2D eigenvalue weighted by atomic mass is 9.61. The Hall–Kier alpha value is -0.0400. The third-order valence-corrected chi connectivity index (χ3v) is 6.24. The smallest absolute Gasteiger partial charge is 0.00208 e. The van der Waals surface area contributed by atoms with Gasteiger partial charge in [-0.25, -0.2) is 0 Å². The van der Waals surface area contributed by atoms with Gasteiger partial charge in [-0.15, -0.1) is 0 Å². The third kappa shape index (κ3) is 3.74. The zero-order chi connectivity index (χ0) is 13.7. The standard InChI is InChI=1S/C18H35N/c1-4-14-10-11-16(13-19-3)18(12-14)17-9-7-6-8-15(17)5-2/h14-19H,4-13H2,1-3H3. The Balaban J connectivity index is 2.05. The summed E-state index contributed by atoms with van der Waals surface area (Å²) in [6.45, 7) is 6.09. The van der Waals surface area contributed by atoms with Crippen LogP contribution in [0.3, 0.4) is 0 Å². The molecular formula is C18H35N. The minimum atomic E-state index is 0.963. The van der Waals surface area contributed by atoms with E-state index in [1.807, 2.05) is 0 Å². The van der Waals surface area contributed by atoms with E-state index in [1.54, 1.807) is 0 Å². The van der Waals surface area contributed by atoms with Crippen molar-refractivity contribution in [2.45, 2.75) is 71.6 Å². The fourth-order valence-corrected chi connectivity index (χ4v) is 5.08. The fraction of sp³-hybridized carbons (Fsp3) is 1.00. The summed E-state index contributed by atoms with van der Waals surface area (Å²) in [7, 11) is 2.14. The largest absolute Gasteiger partial charge is 0.319 e. The minimum absolute atomic E-state index is 0.963. The van der Waals surface area contributed by atoms with E-state index in [0.29, 0.717) is 0 Å². The van der Waals surface area contributed by atoms with Crippen molar-refractivity contribution >= 4 is 0 Å². The van der Waals surface area contributed by atoms with Gasteiger partial charge in [0.25, 0.3) is 0 Å². The predicted octanol–water partition coefficient (Wildman–Crippen LogP) is 4.86. The SMILES string of the molecule is CCC1CCC(CNC)C(C2CCCCC2CC)C1. The molecule has 2 rings (SSSR count). The van der Waals surface area contributed by atoms with Crippen LogP contribution in [0.1, 0.15) is 71.6 Å². The van der Waals surface area contributed by atoms with Gasteiger partial charge in [-0.1, -0.05) is 52.4 Å². The molecule has 1 heteroatoms. The molecule has 2 fully saturated rings. The van der Waals surface area contributed by atoms with Crippen LogP contribution in [0.5, 0.6) is 0 Å². The van der Waals surface area contributed by atoms with Crippen LogP contribution in [-0.4, -0.2) is 13.6 Å². The topological polar surface area (TPSA) is 12.0 Å². The van der Waals surface area contributed by atoms with E-state index >= 15 is 0 Å². The van der Waals surface area contributed by atoms with Gasteiger partial charge in [-0.05, 0) is 62.4 Å². The molecule has 0 radical (unpaired) electrons. The molecule has 0 aromatic rings. The quantitative estimate of drug-likeness (QED) is 0.748. The first-order chi connectivity index (χ1) is 9.30. The van der Waals surface area contributed by atoms with E-state index < -0.39 is 0 Å². The van der Waals surface area contributed by atoms with Gasteiger partial charge in [0.1, 0.15) is 0 Å². The van der Waals surface area contributed by atoms with Gasteiger partial charge < -0.3 is 5.32 Å². The molecule has 0 heterocycles. The summed E-state index contributed by atoms with van der Waals surface area (Å²) in [5.74, 6) is 5.10. The zero-order valence-corrected chi connectivity index (χ0v) is 13.5. The molecule has 2 saturated carbocycles. The molecule has 19 heavy (non-hydrogen) atoms. The van der Waals surface area contributed by atoms with Crippen molar-refractivity contribution in [2.75, 3.05) is 13.6 Å². The third-order valence-electron chi connectivity index (χ3n) is 6.24. The van der Waals surface area contributed by atoms with E-state index in [2.05, 4.69) is 26.2 Å². The van der Waals surface area contributed by atoms with Crippen LogP contribution in [0.4, 0.5) is 0 Å². The van der Waals surface area contributed by atoms with Gasteiger partial charge in [0.05, 0.1) is 0 Å². The lowest BCUT2D eigenvalue weighted by Gasteiger charge is -2.45. The highest BCUT2D eigenvalue weighted by atomic mass is 14.8. The van der Waals surface area contributed by atoms with Crippen molar-refractivity contribution in [2.24, 2.45) is 29.6 Å². The number of hydrogen-bond donors (Lipinski definition) is 1. The highest BCUT2D eigenvalue weighted by Gasteiger charge is 2.38. The van der Waals surface area contributed by atoms with Crippen LogP contribution < -0.4 is 5.32 Å². The first-order valence-corrected chi connectivity index (χ1v) is 8.94. The molecule has 1 N–H and O–H groups in total.